The molecule has 0 spiro atoms. The zero-order chi connectivity index (χ0) is 37.7. The summed E-state index contributed by atoms with van der Waals surface area (Å²) in [5, 5.41) is 11.9. The quantitative estimate of drug-likeness (QED) is 0.0759. The number of nitrogens with zero attached hydrogens (tertiary/aromatic N) is 6. The molecule has 54 heavy (non-hydrogen) atoms. The lowest BCUT2D eigenvalue weighted by atomic mass is 10.0. The van der Waals surface area contributed by atoms with Gasteiger partial charge in [-0.2, -0.15) is 5.26 Å². The van der Waals surface area contributed by atoms with Crippen LogP contribution in [-0.4, -0.2) is 19.9 Å². The summed E-state index contributed by atoms with van der Waals surface area (Å²) in [5.74, 6) is -14.3. The summed E-state index contributed by atoms with van der Waals surface area (Å²) in [7, 11) is 0. The number of fused-ring (bicyclic) bond motifs is 4. The van der Waals surface area contributed by atoms with Gasteiger partial charge in [-0.3, -0.25) is 0 Å². The van der Waals surface area contributed by atoms with Crippen molar-refractivity contribution in [3.05, 3.63) is 112 Å². The zero-order valence-corrected chi connectivity index (χ0v) is 27.6. The maximum Gasteiger partial charge on any atom is 0.262 e. The lowest BCUT2D eigenvalue weighted by molar-refractivity contribution is 0.455. The highest BCUT2D eigenvalue weighted by Crippen LogP contribution is 2.42. The van der Waals surface area contributed by atoms with Crippen LogP contribution in [0.3, 0.4) is 0 Å². The largest absolute Gasteiger partial charge is 0.434 e. The fourth-order valence-electron chi connectivity index (χ4n) is 5.89. The van der Waals surface area contributed by atoms with Gasteiger partial charge in [0.1, 0.15) is 22.7 Å². The molecule has 4 heterocycles. The number of oxazole rings is 2. The van der Waals surface area contributed by atoms with Crippen LogP contribution < -0.4 is 0 Å². The average Bonchev–Trinajstić information content (AvgIpc) is 3.98. The Morgan fingerprint density at radius 3 is 1.39 bits per heavy atom. The molecule has 0 aliphatic carbocycles. The van der Waals surface area contributed by atoms with Crippen molar-refractivity contribution in [2.45, 2.75) is 0 Å². The molecule has 18 heteroatoms. The Bertz CT molecular complexity index is 2850. The van der Waals surface area contributed by atoms with Crippen LogP contribution in [0.2, 0.25) is 0 Å². The maximum atomic E-state index is 14.7. The number of hydrogen-bond donors (Lipinski definition) is 0. The lowest BCUT2D eigenvalue weighted by Crippen LogP contribution is -2.03. The molecule has 0 fully saturated rings. The molecule has 8 nitrogen and oxygen atoms in total. The second-order valence-electron chi connectivity index (χ2n) is 11.5. The van der Waals surface area contributed by atoms with Crippen LogP contribution in [0.4, 0.5) is 40.8 Å². The predicted molar refractivity (Wildman–Crippen MR) is 180 cm³/mol. The minimum absolute atomic E-state index is 0.0276. The third-order valence-corrected chi connectivity index (χ3v) is 10.4. The van der Waals surface area contributed by atoms with E-state index in [4.69, 9.17) is 20.7 Å². The van der Waals surface area contributed by atoms with Crippen molar-refractivity contribution >= 4 is 72.1 Å². The van der Waals surface area contributed by atoms with Crippen LogP contribution in [0.5, 0.6) is 0 Å². The van der Waals surface area contributed by atoms with Crippen molar-refractivity contribution < 1.29 is 44.0 Å². The van der Waals surface area contributed by atoms with Gasteiger partial charge in [0.05, 0.1) is 27.5 Å². The van der Waals surface area contributed by atoms with Gasteiger partial charge in [0.25, 0.3) is 17.5 Å². The first-order valence-corrected chi connectivity index (χ1v) is 16.6. The molecule has 0 aliphatic heterocycles. The highest BCUT2D eigenvalue weighted by Gasteiger charge is 2.30. The molecule has 0 N–H and O–H groups in total. The van der Waals surface area contributed by atoms with E-state index in [1.54, 1.807) is 24.3 Å². The van der Waals surface area contributed by atoms with Crippen LogP contribution in [0.25, 0.3) is 91.3 Å². The minimum atomic E-state index is -1.82. The van der Waals surface area contributed by atoms with E-state index >= 15 is 0 Å². The molecule has 0 atom stereocenters. The van der Waals surface area contributed by atoms with Gasteiger partial charge in [-0.1, -0.05) is 0 Å². The van der Waals surface area contributed by atoms with E-state index in [0.717, 1.165) is 29.2 Å². The topological polar surface area (TPSA) is 106 Å². The van der Waals surface area contributed by atoms with Gasteiger partial charge in [0.15, 0.2) is 67.7 Å². The molecule has 4 aromatic heterocycles. The lowest BCUT2D eigenvalue weighted by Gasteiger charge is -2.06. The zero-order valence-electron chi connectivity index (χ0n) is 26.0. The Morgan fingerprint density at radius 2 is 0.981 bits per heavy atom. The molecule has 0 saturated heterocycles. The number of thiazole rings is 2. The molecule has 9 rings (SSSR count). The normalized spacial score (nSPS) is 11.7. The number of rotatable bonds is 4. The van der Waals surface area contributed by atoms with E-state index in [-0.39, 0.29) is 31.6 Å². The van der Waals surface area contributed by atoms with Crippen LogP contribution in [0, 0.1) is 64.4 Å². The van der Waals surface area contributed by atoms with Gasteiger partial charge >= 0.3 is 0 Å². The van der Waals surface area contributed by atoms with Crippen molar-refractivity contribution in [2.75, 3.05) is 0 Å². The van der Waals surface area contributed by atoms with Gasteiger partial charge < -0.3 is 8.83 Å². The number of aromatic nitrogens is 4. The van der Waals surface area contributed by atoms with Crippen molar-refractivity contribution in [3.63, 3.8) is 0 Å². The van der Waals surface area contributed by atoms with Crippen LogP contribution >= 0.6 is 22.7 Å². The Labute approximate surface area is 301 Å². The number of nitriles is 1. The molecular weight excluding hydrogens is 765 g/mol. The van der Waals surface area contributed by atoms with Gasteiger partial charge in [0.2, 0.25) is 0 Å². The summed E-state index contributed by atoms with van der Waals surface area (Å²) in [6.45, 7) is 6.81. The van der Waals surface area contributed by atoms with Gasteiger partial charge in [-0.25, -0.2) is 59.9 Å². The van der Waals surface area contributed by atoms with E-state index in [1.807, 2.05) is 12.1 Å². The number of hydrogen-bond acceptors (Lipinski definition) is 9. The van der Waals surface area contributed by atoms with Gasteiger partial charge in [0, 0.05) is 12.4 Å². The summed E-state index contributed by atoms with van der Waals surface area (Å²) in [6.07, 6.45) is 2.01. The second-order valence-corrected chi connectivity index (χ2v) is 13.6. The smallest absolute Gasteiger partial charge is 0.262 e. The minimum Gasteiger partial charge on any atom is -0.434 e. The van der Waals surface area contributed by atoms with Crippen molar-refractivity contribution in [3.8, 4) is 48.7 Å². The standard InChI is InChI=1S/C36H8F8N6O2S2/c1-46-32-30(43)28(41)23(29(42)31(32)44)21-10-48-36(54-21)34-50-17-5-12-3-13-6-18-16(4-11(13)2-14(12)7-19(17)52-34)49-33(51-18)35-47-9-20(53-35)22-26(39)24(37)15(8-45)25(38)27(22)40/h2-7,9-10H. The molecule has 0 aliphatic rings. The van der Waals surface area contributed by atoms with Gasteiger partial charge in [-0.15, -0.1) is 22.7 Å². The van der Waals surface area contributed by atoms with E-state index in [0.29, 0.717) is 55.6 Å². The van der Waals surface area contributed by atoms with Crippen LogP contribution in [-0.2, 0) is 0 Å². The Hall–Kier alpha value is -6.76. The Morgan fingerprint density at radius 1 is 0.574 bits per heavy atom. The Kier molecular flexibility index (Phi) is 7.28. The highest BCUT2D eigenvalue weighted by atomic mass is 32.1. The third kappa shape index (κ3) is 4.84. The summed E-state index contributed by atoms with van der Waals surface area (Å²) in [5.41, 5.74) is -3.38. The summed E-state index contributed by atoms with van der Waals surface area (Å²) in [6, 6.07) is 11.6. The fourth-order valence-corrected chi connectivity index (χ4v) is 7.64. The summed E-state index contributed by atoms with van der Waals surface area (Å²) < 4.78 is 128. The predicted octanol–water partition coefficient (Wildman–Crippen LogP) is 11.4. The molecule has 0 unspecified atom stereocenters. The molecule has 262 valence electrons. The number of benzene rings is 5. The van der Waals surface area contributed by atoms with Gasteiger partial charge in [-0.05, 0) is 57.9 Å². The first-order chi connectivity index (χ1) is 25.9. The summed E-state index contributed by atoms with van der Waals surface area (Å²) >= 11 is 1.34. The monoisotopic (exact) mass is 772 g/mol. The summed E-state index contributed by atoms with van der Waals surface area (Å²) in [4.78, 5) is 19.0. The second kappa shape index (κ2) is 11.9. The first-order valence-electron chi connectivity index (χ1n) is 15.0. The molecule has 0 amide bonds. The molecule has 9 aromatic rings. The number of halogens is 8. The van der Waals surface area contributed by atoms with E-state index < -0.39 is 68.9 Å². The van der Waals surface area contributed by atoms with Crippen LogP contribution in [0.1, 0.15) is 5.56 Å². The molecular formula is C36H8F8N6O2S2. The average molecular weight is 773 g/mol. The molecule has 5 aromatic carbocycles. The molecule has 0 radical (unpaired) electrons. The van der Waals surface area contributed by atoms with E-state index in [1.165, 1.54) is 0 Å². The highest BCUT2D eigenvalue weighted by molar-refractivity contribution is 7.18. The first kappa shape index (κ1) is 33.1. The van der Waals surface area contributed by atoms with E-state index in [9.17, 15) is 35.1 Å². The third-order valence-electron chi connectivity index (χ3n) is 8.41. The molecule has 0 bridgehead atoms. The van der Waals surface area contributed by atoms with Crippen molar-refractivity contribution in [2.24, 2.45) is 0 Å². The van der Waals surface area contributed by atoms with E-state index in [2.05, 4.69) is 24.8 Å². The van der Waals surface area contributed by atoms with Crippen molar-refractivity contribution in [1.82, 2.24) is 19.9 Å². The van der Waals surface area contributed by atoms with Crippen molar-refractivity contribution in [1.29, 1.82) is 5.26 Å². The SMILES string of the molecule is [C-]#[N+]c1c(F)c(F)c(-c2cnc(-c3nc4cc5cc6cc7oc(-c8ncc(-c9c(F)c(F)c(C#N)c(F)c9F)s8)nc7cc6cc5cc4o3)s2)c(F)c1F. The maximum absolute atomic E-state index is 14.7. The molecule has 0 saturated carbocycles. The Balaban J connectivity index is 1.06. The fraction of sp³-hybridized carbons (Fsp3) is 0. The van der Waals surface area contributed by atoms with Crippen LogP contribution in [0.15, 0.2) is 57.6 Å².